The summed E-state index contributed by atoms with van der Waals surface area (Å²) in [6, 6.07) is 74.7. The minimum absolute atomic E-state index is 0.0402. The van der Waals surface area contributed by atoms with Crippen LogP contribution in [0.2, 0.25) is 0 Å². The third kappa shape index (κ3) is 9.53. The number of rotatable bonds is 11. The van der Waals surface area contributed by atoms with E-state index in [-0.39, 0.29) is 21.7 Å². The zero-order valence-corrected chi connectivity index (χ0v) is 45.2. The molecule has 0 bridgehead atoms. The molecule has 3 heterocycles. The van der Waals surface area contributed by atoms with Crippen molar-refractivity contribution in [3.63, 3.8) is 0 Å². The molecule has 5 nitrogen and oxygen atoms in total. The van der Waals surface area contributed by atoms with Gasteiger partial charge in [0.1, 0.15) is 17.3 Å². The van der Waals surface area contributed by atoms with E-state index in [1.165, 1.54) is 61.5 Å². The van der Waals surface area contributed by atoms with E-state index < -0.39 is 0 Å². The maximum Gasteiger partial charge on any atom is 0.137 e. The van der Waals surface area contributed by atoms with Crippen LogP contribution in [0.5, 0.6) is 11.5 Å². The molecule has 0 radical (unpaired) electrons. The Morgan fingerprint density at radius 1 is 0.400 bits per heavy atom. The van der Waals surface area contributed by atoms with Gasteiger partial charge in [-0.25, -0.2) is 4.98 Å². The van der Waals surface area contributed by atoms with Crippen LogP contribution >= 0.6 is 0 Å². The fourth-order valence-corrected chi connectivity index (χ4v) is 10.9. The molecule has 11 rings (SSSR count). The summed E-state index contributed by atoms with van der Waals surface area (Å²) in [4.78, 5) is 10.0. The lowest BCUT2D eigenvalue weighted by Gasteiger charge is -2.33. The fraction of sp³-hybridized carbons (Fsp3) is 0.214. The van der Waals surface area contributed by atoms with Crippen LogP contribution in [0.15, 0.2) is 224 Å². The van der Waals surface area contributed by atoms with E-state index in [0.717, 1.165) is 44.8 Å². The highest BCUT2D eigenvalue weighted by Crippen LogP contribution is 2.45. The van der Waals surface area contributed by atoms with Crippen LogP contribution in [0.4, 0.5) is 11.4 Å². The Labute approximate surface area is 444 Å². The van der Waals surface area contributed by atoms with Crippen LogP contribution in [0.1, 0.15) is 97.1 Å². The highest BCUT2D eigenvalue weighted by atomic mass is 16.5. The molecule has 0 saturated carbocycles. The summed E-state index contributed by atoms with van der Waals surface area (Å²) in [5.74, 6) is 2.38. The van der Waals surface area contributed by atoms with E-state index >= 15 is 0 Å². The normalized spacial score (nSPS) is 13.4. The Balaban J connectivity index is 1.04. The smallest absolute Gasteiger partial charge is 0.137 e. The molecule has 0 atom stereocenters. The van der Waals surface area contributed by atoms with Crippen LogP contribution in [0.25, 0.3) is 49.9 Å². The second kappa shape index (κ2) is 19.0. The molecule has 0 amide bonds. The van der Waals surface area contributed by atoms with E-state index in [1.807, 2.05) is 6.20 Å². The van der Waals surface area contributed by atoms with Crippen molar-refractivity contribution in [2.45, 2.75) is 85.5 Å². The Bertz CT molecular complexity index is 3730. The first-order chi connectivity index (χ1) is 35.9. The molecule has 0 N–H and O–H groups in total. The van der Waals surface area contributed by atoms with Gasteiger partial charge in [-0.1, -0.05) is 203 Å². The number of hydrogen-bond donors (Lipinski definition) is 0. The lowest BCUT2D eigenvalue weighted by atomic mass is 9.78. The number of allylic oxidation sites excluding steroid dienone is 1. The van der Waals surface area contributed by atoms with Crippen LogP contribution in [-0.4, -0.2) is 16.2 Å². The van der Waals surface area contributed by atoms with E-state index in [1.54, 1.807) is 0 Å². The molecular formula is C70H68N4O. The average molecular weight is 981 g/mol. The Kier molecular flexibility index (Phi) is 12.4. The summed E-state index contributed by atoms with van der Waals surface area (Å²) in [5.41, 5.74) is 15.7. The second-order valence-corrected chi connectivity index (χ2v) is 23.5. The van der Waals surface area contributed by atoms with E-state index in [9.17, 15) is 0 Å². The highest BCUT2D eigenvalue weighted by Gasteiger charge is 2.34. The van der Waals surface area contributed by atoms with Crippen molar-refractivity contribution in [2.24, 2.45) is 5.41 Å². The predicted molar refractivity (Wildman–Crippen MR) is 316 cm³/mol. The number of aromatic nitrogens is 2. The summed E-state index contributed by atoms with van der Waals surface area (Å²) in [6.45, 7) is 23.7. The summed E-state index contributed by atoms with van der Waals surface area (Å²) >= 11 is 0. The first kappa shape index (κ1) is 49.1. The maximum absolute atomic E-state index is 7.23. The summed E-state index contributed by atoms with van der Waals surface area (Å²) < 4.78 is 9.54. The summed E-state index contributed by atoms with van der Waals surface area (Å²) in [7, 11) is 0. The number of pyridine rings is 1. The minimum atomic E-state index is -0.344. The molecule has 0 unspecified atom stereocenters. The molecule has 374 valence electrons. The molecule has 0 aliphatic carbocycles. The maximum atomic E-state index is 7.23. The number of ether oxygens (including phenoxy) is 1. The molecule has 10 aromatic rings. The van der Waals surface area contributed by atoms with Gasteiger partial charge >= 0.3 is 0 Å². The van der Waals surface area contributed by atoms with Crippen molar-refractivity contribution in [2.75, 3.05) is 16.5 Å². The van der Waals surface area contributed by atoms with Crippen molar-refractivity contribution in [3.05, 3.63) is 252 Å². The van der Waals surface area contributed by atoms with Crippen molar-refractivity contribution < 1.29 is 4.74 Å². The summed E-state index contributed by atoms with van der Waals surface area (Å²) in [6.07, 6.45) is 4.32. The Morgan fingerprint density at radius 2 is 1.00 bits per heavy atom. The quantitative estimate of drug-likeness (QED) is 0.129. The standard InChI is InChI=1S/C70H68N4O/c1-67(2,3)55-37-51(49-25-17-12-18-26-49)38-57(40-55)72-46-65(68(4,5)6)73(47-72)58-41-56(70(9,10)53-29-21-14-22-30-53)42-60(44-58)75-59-32-33-61-62-39-50(48-23-15-11-16-24-48)31-34-63(62)74(64(61)45-59)66-43-54(35-36-71-66)69(7,8)52-27-19-13-20-28-52/h11-46H,47H2,1-10H3. The van der Waals surface area contributed by atoms with Crippen molar-refractivity contribution in [1.82, 2.24) is 9.55 Å². The van der Waals surface area contributed by atoms with Gasteiger partial charge in [0.25, 0.3) is 0 Å². The number of nitrogens with zero attached hydrogens (tertiary/aromatic N) is 4. The van der Waals surface area contributed by atoms with Gasteiger partial charge in [0.15, 0.2) is 0 Å². The fourth-order valence-electron chi connectivity index (χ4n) is 10.9. The monoisotopic (exact) mass is 981 g/mol. The first-order valence-electron chi connectivity index (χ1n) is 26.4. The molecule has 0 spiro atoms. The molecule has 8 aromatic carbocycles. The largest absolute Gasteiger partial charge is 0.457 e. The zero-order chi connectivity index (χ0) is 52.3. The third-order valence-electron chi connectivity index (χ3n) is 15.5. The zero-order valence-electron chi connectivity index (χ0n) is 45.2. The Hall–Kier alpha value is -8.15. The molecule has 0 saturated heterocycles. The number of benzene rings is 8. The highest BCUT2D eigenvalue weighted by molar-refractivity contribution is 6.10. The van der Waals surface area contributed by atoms with Gasteiger partial charge in [-0.3, -0.25) is 4.57 Å². The lowest BCUT2D eigenvalue weighted by Crippen LogP contribution is -2.31. The topological polar surface area (TPSA) is 33.5 Å². The van der Waals surface area contributed by atoms with Gasteiger partial charge in [0.05, 0.1) is 17.7 Å². The lowest BCUT2D eigenvalue weighted by molar-refractivity contribution is 0.478. The number of anilines is 2. The van der Waals surface area contributed by atoms with Crippen molar-refractivity contribution >= 4 is 33.2 Å². The average Bonchev–Trinajstić information content (AvgIpc) is 4.04. The molecule has 1 aliphatic rings. The second-order valence-electron chi connectivity index (χ2n) is 23.5. The van der Waals surface area contributed by atoms with Crippen LogP contribution < -0.4 is 14.5 Å². The SMILES string of the molecule is CC(C)(C)C1=CN(c2cc(-c3ccccc3)cc(C(C)(C)C)c2)CN1c1cc(Oc2ccc3c4cc(-c5ccccc5)ccc4n(-c4cc(C(C)(C)c5ccccc5)ccn4)c3c2)cc(C(C)(C)c2ccccc2)c1. The first-order valence-corrected chi connectivity index (χ1v) is 26.4. The van der Waals surface area contributed by atoms with Gasteiger partial charge in [-0.2, -0.15) is 0 Å². The molecular weight excluding hydrogens is 913 g/mol. The third-order valence-corrected chi connectivity index (χ3v) is 15.5. The molecule has 2 aromatic heterocycles. The molecule has 5 heteroatoms. The summed E-state index contributed by atoms with van der Waals surface area (Å²) in [5, 5.41) is 2.29. The minimum Gasteiger partial charge on any atom is -0.457 e. The molecule has 1 aliphatic heterocycles. The van der Waals surface area contributed by atoms with Crippen molar-refractivity contribution in [1.29, 1.82) is 0 Å². The van der Waals surface area contributed by atoms with Crippen LogP contribution in [0.3, 0.4) is 0 Å². The van der Waals surface area contributed by atoms with Gasteiger partial charge < -0.3 is 14.5 Å². The number of fused-ring (bicyclic) bond motifs is 3. The van der Waals surface area contributed by atoms with Gasteiger partial charge in [0, 0.05) is 68.6 Å². The predicted octanol–water partition coefficient (Wildman–Crippen LogP) is 18.4. The van der Waals surface area contributed by atoms with Gasteiger partial charge in [0.2, 0.25) is 0 Å². The van der Waals surface area contributed by atoms with Gasteiger partial charge in [-0.15, -0.1) is 0 Å². The van der Waals surface area contributed by atoms with Crippen molar-refractivity contribution in [3.8, 4) is 39.6 Å². The van der Waals surface area contributed by atoms with Crippen LogP contribution in [-0.2, 0) is 16.2 Å². The molecule has 0 fully saturated rings. The van der Waals surface area contributed by atoms with Gasteiger partial charge in [-0.05, 0) is 116 Å². The van der Waals surface area contributed by atoms with E-state index in [2.05, 4.69) is 296 Å². The number of hydrogen-bond acceptors (Lipinski definition) is 4. The van der Waals surface area contributed by atoms with E-state index in [4.69, 9.17) is 9.72 Å². The van der Waals surface area contributed by atoms with Crippen LogP contribution in [0, 0.1) is 5.41 Å². The molecule has 75 heavy (non-hydrogen) atoms. The Morgan fingerprint density at radius 3 is 1.63 bits per heavy atom. The van der Waals surface area contributed by atoms with E-state index in [0.29, 0.717) is 6.67 Å².